The first-order valence-electron chi connectivity index (χ1n) is 17.7. The number of carbonyl (C=O) groups is 3. The zero-order chi connectivity index (χ0) is 38.7. The number of nitrogens with zero attached hydrogens (tertiary/aromatic N) is 4. The lowest BCUT2D eigenvalue weighted by atomic mass is 9.97. The molecule has 2 unspecified atom stereocenters. The number of anilines is 4. The largest absolute Gasteiger partial charge is 0.497 e. The summed E-state index contributed by atoms with van der Waals surface area (Å²) in [6.45, 7) is 6.75. The van der Waals surface area contributed by atoms with Gasteiger partial charge >= 0.3 is 0 Å². The molecule has 0 spiro atoms. The maximum absolute atomic E-state index is 14.6. The molecular formula is C37H44F2N8O5S2. The Balaban J connectivity index is 0.957. The van der Waals surface area contributed by atoms with Crippen molar-refractivity contribution in [2.45, 2.75) is 63.7 Å². The Morgan fingerprint density at radius 3 is 1.43 bits per heavy atom. The van der Waals surface area contributed by atoms with E-state index in [1.54, 1.807) is 0 Å². The van der Waals surface area contributed by atoms with E-state index in [0.29, 0.717) is 47.9 Å². The Labute approximate surface area is 320 Å². The average Bonchev–Trinajstić information content (AvgIpc) is 3.73. The Kier molecular flexibility index (Phi) is 12.1. The number of thiazole rings is 2. The molecule has 0 amide bonds. The molecule has 2 fully saturated rings. The SMILES string of the molecule is COc1ccc(C(=O)c2sc(NC3CCN(C(C)C(=O)C(C)N4CCC(Nc5nc(N)c(C(=O)c6ccc(OC)cc6F)s5)CC4)CC3)nc2N)c(F)c1. The van der Waals surface area contributed by atoms with Crippen LogP contribution in [0.4, 0.5) is 30.7 Å². The third kappa shape index (κ3) is 8.48. The van der Waals surface area contributed by atoms with E-state index in [-0.39, 0.29) is 62.5 Å². The Morgan fingerprint density at radius 2 is 1.09 bits per heavy atom. The molecule has 2 aromatic heterocycles. The van der Waals surface area contributed by atoms with E-state index in [2.05, 4.69) is 30.4 Å². The van der Waals surface area contributed by atoms with E-state index in [4.69, 9.17) is 20.9 Å². The van der Waals surface area contributed by atoms with Crippen LogP contribution in [-0.4, -0.2) is 102 Å². The third-order valence-corrected chi connectivity index (χ3v) is 12.2. The first-order chi connectivity index (χ1) is 25.9. The summed E-state index contributed by atoms with van der Waals surface area (Å²) in [6.07, 6.45) is 3.07. The van der Waals surface area contributed by atoms with Gasteiger partial charge in [0.1, 0.15) is 44.5 Å². The molecule has 54 heavy (non-hydrogen) atoms. The number of hydrogen-bond donors (Lipinski definition) is 4. The fourth-order valence-corrected chi connectivity index (χ4v) is 8.72. The molecule has 6 rings (SSSR count). The number of hydrogen-bond acceptors (Lipinski definition) is 15. The predicted molar refractivity (Wildman–Crippen MR) is 206 cm³/mol. The van der Waals surface area contributed by atoms with Gasteiger partial charge in [-0.25, -0.2) is 18.7 Å². The zero-order valence-electron chi connectivity index (χ0n) is 30.5. The van der Waals surface area contributed by atoms with Crippen molar-refractivity contribution in [2.24, 2.45) is 0 Å². The minimum Gasteiger partial charge on any atom is -0.497 e. The number of halogens is 2. The van der Waals surface area contributed by atoms with Gasteiger partial charge in [-0.2, -0.15) is 0 Å². The van der Waals surface area contributed by atoms with E-state index in [1.165, 1.54) is 38.5 Å². The van der Waals surface area contributed by atoms with Crippen LogP contribution in [0.2, 0.25) is 0 Å². The summed E-state index contributed by atoms with van der Waals surface area (Å²) >= 11 is 2.20. The minimum atomic E-state index is -0.692. The smallest absolute Gasteiger partial charge is 0.209 e. The molecule has 0 bridgehead atoms. The van der Waals surface area contributed by atoms with Crippen LogP contribution in [0.5, 0.6) is 11.5 Å². The van der Waals surface area contributed by atoms with Gasteiger partial charge in [-0.1, -0.05) is 22.7 Å². The number of piperidine rings is 2. The molecular weight excluding hydrogens is 739 g/mol. The van der Waals surface area contributed by atoms with Gasteiger partial charge in [0.25, 0.3) is 0 Å². The number of nitrogen functional groups attached to an aromatic ring is 2. The van der Waals surface area contributed by atoms with Crippen molar-refractivity contribution in [3.05, 3.63) is 68.9 Å². The van der Waals surface area contributed by atoms with Gasteiger partial charge in [-0.05, 0) is 63.8 Å². The molecule has 2 atom stereocenters. The Hall–Kier alpha value is -4.71. The van der Waals surface area contributed by atoms with Crippen molar-refractivity contribution >= 4 is 61.9 Å². The number of aromatic nitrogens is 2. The number of Topliss-reactive ketones (excluding diaryl/α,β-unsaturated/α-hetero) is 1. The van der Waals surface area contributed by atoms with Crippen molar-refractivity contribution < 1.29 is 32.6 Å². The fraction of sp³-hybridized carbons (Fsp3) is 0.432. The number of likely N-dealkylation sites (tertiary alicyclic amines) is 2. The van der Waals surface area contributed by atoms with E-state index in [0.717, 1.165) is 60.5 Å². The van der Waals surface area contributed by atoms with Crippen LogP contribution < -0.4 is 31.6 Å². The van der Waals surface area contributed by atoms with Gasteiger partial charge in [-0.15, -0.1) is 0 Å². The number of ketones is 3. The number of nitrogens with two attached hydrogens (primary N) is 2. The number of carbonyl (C=O) groups excluding carboxylic acids is 3. The molecule has 288 valence electrons. The molecule has 2 aliphatic heterocycles. The second-order valence-corrected chi connectivity index (χ2v) is 15.5. The molecule has 0 radical (unpaired) electrons. The molecule has 17 heteroatoms. The molecule has 2 aliphatic rings. The molecule has 0 saturated carbocycles. The minimum absolute atomic E-state index is 0.0465. The van der Waals surface area contributed by atoms with Crippen molar-refractivity contribution in [3.63, 3.8) is 0 Å². The van der Waals surface area contributed by atoms with Gasteiger partial charge < -0.3 is 31.6 Å². The highest BCUT2D eigenvalue weighted by Crippen LogP contribution is 2.33. The number of nitrogens with one attached hydrogen (secondary N) is 2. The molecule has 6 N–H and O–H groups in total. The fourth-order valence-electron chi connectivity index (χ4n) is 6.89. The van der Waals surface area contributed by atoms with E-state index < -0.39 is 23.2 Å². The molecule has 13 nitrogen and oxygen atoms in total. The van der Waals surface area contributed by atoms with Crippen molar-refractivity contribution in [3.8, 4) is 11.5 Å². The Bertz CT molecular complexity index is 1870. The lowest BCUT2D eigenvalue weighted by Crippen LogP contribution is -2.53. The highest BCUT2D eigenvalue weighted by molar-refractivity contribution is 7.18. The highest BCUT2D eigenvalue weighted by atomic mass is 32.1. The predicted octanol–water partition coefficient (Wildman–Crippen LogP) is 5.32. The first kappa shape index (κ1) is 39.0. The van der Waals surface area contributed by atoms with Crippen LogP contribution >= 0.6 is 22.7 Å². The van der Waals surface area contributed by atoms with Crippen molar-refractivity contribution in [1.82, 2.24) is 19.8 Å². The van der Waals surface area contributed by atoms with Gasteiger partial charge in [-0.3, -0.25) is 24.2 Å². The second kappa shape index (κ2) is 16.8. The van der Waals surface area contributed by atoms with Gasteiger partial charge in [0.2, 0.25) is 11.6 Å². The molecule has 4 heterocycles. The summed E-state index contributed by atoms with van der Waals surface area (Å²) in [5, 5.41) is 7.75. The monoisotopic (exact) mass is 782 g/mol. The Morgan fingerprint density at radius 1 is 0.722 bits per heavy atom. The maximum atomic E-state index is 14.6. The lowest BCUT2D eigenvalue weighted by Gasteiger charge is -2.40. The first-order valence-corrected chi connectivity index (χ1v) is 19.3. The van der Waals surface area contributed by atoms with Gasteiger partial charge in [0.15, 0.2) is 16.0 Å². The second-order valence-electron chi connectivity index (χ2n) is 13.5. The van der Waals surface area contributed by atoms with E-state index >= 15 is 0 Å². The van der Waals surface area contributed by atoms with Crippen molar-refractivity contribution in [2.75, 3.05) is 62.5 Å². The average molecular weight is 783 g/mol. The van der Waals surface area contributed by atoms with E-state index in [9.17, 15) is 23.2 Å². The van der Waals surface area contributed by atoms with Gasteiger partial charge in [0, 0.05) is 50.4 Å². The van der Waals surface area contributed by atoms with Crippen LogP contribution in [0.15, 0.2) is 36.4 Å². The van der Waals surface area contributed by atoms with Crippen LogP contribution in [0.25, 0.3) is 0 Å². The van der Waals surface area contributed by atoms with Crippen molar-refractivity contribution in [1.29, 1.82) is 0 Å². The van der Waals surface area contributed by atoms with Crippen LogP contribution in [0.3, 0.4) is 0 Å². The quantitative estimate of drug-likeness (QED) is 0.121. The summed E-state index contributed by atoms with van der Waals surface area (Å²) < 4.78 is 39.2. The number of ether oxygens (including phenoxy) is 2. The number of benzene rings is 2. The lowest BCUT2D eigenvalue weighted by molar-refractivity contribution is -0.129. The maximum Gasteiger partial charge on any atom is 0.209 e. The van der Waals surface area contributed by atoms with Gasteiger partial charge in [0.05, 0.1) is 37.4 Å². The highest BCUT2D eigenvalue weighted by Gasteiger charge is 2.34. The normalized spacial score (nSPS) is 17.1. The van der Waals surface area contributed by atoms with E-state index in [1.807, 2.05) is 13.8 Å². The van der Waals surface area contributed by atoms with Crippen LogP contribution in [0, 0.1) is 11.6 Å². The number of rotatable bonds is 14. The summed E-state index contributed by atoms with van der Waals surface area (Å²) in [5.41, 5.74) is 11.9. The number of methoxy groups -OCH3 is 2. The summed E-state index contributed by atoms with van der Waals surface area (Å²) in [5.74, 6) is -1.58. The third-order valence-electron chi connectivity index (χ3n) is 10.2. The summed E-state index contributed by atoms with van der Waals surface area (Å²) in [4.78, 5) is 53.1. The molecule has 2 saturated heterocycles. The molecule has 2 aromatic carbocycles. The standard InChI is InChI=1S/C37H44F2N8O5S2/c1-19(46-13-9-21(10-14-46)42-36-44-34(40)32(53-36)30(49)25-7-5-23(51-3)17-27(25)38)29(48)20(2)47-15-11-22(12-16-47)43-37-45-35(41)33(54-37)31(50)26-8-6-24(52-4)18-28(26)39/h5-8,17-22H,9-16,40-41H2,1-4H3,(H,42,44)(H,43,45). The van der Waals surface area contributed by atoms with Crippen LogP contribution in [-0.2, 0) is 4.79 Å². The topological polar surface area (TPSA) is 178 Å². The summed E-state index contributed by atoms with van der Waals surface area (Å²) in [7, 11) is 2.85. The van der Waals surface area contributed by atoms with Crippen LogP contribution in [0.1, 0.15) is 70.0 Å². The molecule has 4 aromatic rings. The molecule has 0 aliphatic carbocycles. The zero-order valence-corrected chi connectivity index (χ0v) is 32.1. The summed E-state index contributed by atoms with van der Waals surface area (Å²) in [6, 6.07) is 7.73.